The lowest BCUT2D eigenvalue weighted by atomic mass is 9.99. The Morgan fingerprint density at radius 1 is 1.25 bits per heavy atom. The average molecular weight is 168 g/mol. The highest BCUT2D eigenvalue weighted by Gasteiger charge is 2.35. The van der Waals surface area contributed by atoms with E-state index in [1.54, 1.807) is 0 Å². The predicted molar refractivity (Wildman–Crippen MR) is 51.3 cm³/mol. The number of piperazine rings is 1. The quantitative estimate of drug-likeness (QED) is 0.580. The molecule has 2 fully saturated rings. The maximum absolute atomic E-state index is 2.69. The maximum atomic E-state index is 2.69. The summed E-state index contributed by atoms with van der Waals surface area (Å²) in [6, 6.07) is 1.72. The molecule has 0 spiro atoms. The Balaban J connectivity index is 2.06. The second-order valence-electron chi connectivity index (χ2n) is 4.20. The minimum Gasteiger partial charge on any atom is -0.301 e. The van der Waals surface area contributed by atoms with E-state index in [1.165, 1.54) is 38.9 Å². The summed E-state index contributed by atoms with van der Waals surface area (Å²) >= 11 is 0. The Morgan fingerprint density at radius 2 is 2.08 bits per heavy atom. The van der Waals surface area contributed by atoms with Gasteiger partial charge in [0.25, 0.3) is 0 Å². The molecule has 0 aromatic carbocycles. The van der Waals surface area contributed by atoms with E-state index < -0.39 is 0 Å². The van der Waals surface area contributed by atoms with Crippen LogP contribution >= 0.6 is 0 Å². The zero-order chi connectivity index (χ0) is 8.55. The summed E-state index contributed by atoms with van der Waals surface area (Å²) < 4.78 is 0. The van der Waals surface area contributed by atoms with Crippen LogP contribution in [0.15, 0.2) is 0 Å². The highest BCUT2D eigenvalue weighted by molar-refractivity contribution is 4.93. The van der Waals surface area contributed by atoms with Gasteiger partial charge in [0.05, 0.1) is 0 Å². The molecule has 0 aromatic rings. The normalized spacial score (nSPS) is 38.5. The first kappa shape index (κ1) is 8.52. The molecule has 2 saturated heterocycles. The van der Waals surface area contributed by atoms with Crippen LogP contribution in [0.1, 0.15) is 26.2 Å². The topological polar surface area (TPSA) is 6.48 Å². The third-order valence-electron chi connectivity index (χ3n) is 3.58. The molecule has 2 atom stereocenters. The third kappa shape index (κ3) is 1.27. The molecule has 2 nitrogen and oxygen atoms in total. The molecule has 70 valence electrons. The number of likely N-dealkylation sites (N-methyl/N-ethyl adjacent to an activating group) is 1. The van der Waals surface area contributed by atoms with Crippen LogP contribution in [-0.4, -0.2) is 48.6 Å². The Labute approximate surface area is 75.5 Å². The van der Waals surface area contributed by atoms with Crippen molar-refractivity contribution in [3.05, 3.63) is 0 Å². The SMILES string of the molecule is CCC1C2CCCN2CCN1C. The lowest BCUT2D eigenvalue weighted by Crippen LogP contribution is -2.55. The minimum atomic E-state index is 0.834. The second kappa shape index (κ2) is 3.35. The first-order valence-corrected chi connectivity index (χ1v) is 5.27. The molecule has 0 aromatic heterocycles. The summed E-state index contributed by atoms with van der Waals surface area (Å²) in [5, 5.41) is 0. The standard InChI is InChI=1S/C10H20N2/c1-3-9-10-5-4-6-12(10)8-7-11(9)2/h9-10H,3-8H2,1-2H3. The number of fused-ring (bicyclic) bond motifs is 1. The summed E-state index contributed by atoms with van der Waals surface area (Å²) in [5.74, 6) is 0. The van der Waals surface area contributed by atoms with Gasteiger partial charge in [-0.3, -0.25) is 4.90 Å². The lowest BCUT2D eigenvalue weighted by Gasteiger charge is -2.42. The van der Waals surface area contributed by atoms with Crippen molar-refractivity contribution in [2.45, 2.75) is 38.3 Å². The maximum Gasteiger partial charge on any atom is 0.0252 e. The molecule has 0 radical (unpaired) electrons. The predicted octanol–water partition coefficient (Wildman–Crippen LogP) is 1.17. The van der Waals surface area contributed by atoms with Gasteiger partial charge in [0.2, 0.25) is 0 Å². The van der Waals surface area contributed by atoms with Crippen LogP contribution in [0, 0.1) is 0 Å². The fraction of sp³-hybridized carbons (Fsp3) is 1.00. The van der Waals surface area contributed by atoms with Gasteiger partial charge in [-0.1, -0.05) is 6.92 Å². The van der Waals surface area contributed by atoms with E-state index in [0.717, 1.165) is 12.1 Å². The molecular weight excluding hydrogens is 148 g/mol. The molecule has 0 saturated carbocycles. The van der Waals surface area contributed by atoms with Crippen LogP contribution in [-0.2, 0) is 0 Å². The molecule has 0 N–H and O–H groups in total. The molecule has 0 amide bonds. The Bertz CT molecular complexity index is 158. The number of nitrogens with zero attached hydrogens (tertiary/aromatic N) is 2. The fourth-order valence-corrected chi connectivity index (χ4v) is 2.89. The van der Waals surface area contributed by atoms with Crippen LogP contribution in [0.3, 0.4) is 0 Å². The molecule has 2 heterocycles. The van der Waals surface area contributed by atoms with Crippen molar-refractivity contribution >= 4 is 0 Å². The first-order valence-electron chi connectivity index (χ1n) is 5.27. The minimum absolute atomic E-state index is 0.834. The van der Waals surface area contributed by atoms with Gasteiger partial charge in [-0.2, -0.15) is 0 Å². The van der Waals surface area contributed by atoms with Crippen molar-refractivity contribution in [3.8, 4) is 0 Å². The smallest absolute Gasteiger partial charge is 0.0252 e. The van der Waals surface area contributed by atoms with Gasteiger partial charge in [0, 0.05) is 25.2 Å². The largest absolute Gasteiger partial charge is 0.301 e. The number of hydrogen-bond acceptors (Lipinski definition) is 2. The molecule has 0 aliphatic carbocycles. The van der Waals surface area contributed by atoms with E-state index >= 15 is 0 Å². The highest BCUT2D eigenvalue weighted by Crippen LogP contribution is 2.27. The zero-order valence-corrected chi connectivity index (χ0v) is 8.29. The van der Waals surface area contributed by atoms with Crippen molar-refractivity contribution < 1.29 is 0 Å². The molecule has 2 unspecified atom stereocenters. The molecule has 2 rings (SSSR count). The molecule has 12 heavy (non-hydrogen) atoms. The van der Waals surface area contributed by atoms with Gasteiger partial charge in [-0.25, -0.2) is 0 Å². The first-order chi connectivity index (χ1) is 5.83. The van der Waals surface area contributed by atoms with Crippen molar-refractivity contribution in [3.63, 3.8) is 0 Å². The van der Waals surface area contributed by atoms with E-state index in [0.29, 0.717) is 0 Å². The van der Waals surface area contributed by atoms with Gasteiger partial charge < -0.3 is 4.90 Å². The Hall–Kier alpha value is -0.0800. The van der Waals surface area contributed by atoms with Gasteiger partial charge in [0.1, 0.15) is 0 Å². The van der Waals surface area contributed by atoms with Crippen LogP contribution in [0.4, 0.5) is 0 Å². The van der Waals surface area contributed by atoms with Crippen LogP contribution in [0.25, 0.3) is 0 Å². The van der Waals surface area contributed by atoms with Crippen molar-refractivity contribution in [2.24, 2.45) is 0 Å². The van der Waals surface area contributed by atoms with Crippen LogP contribution in [0.2, 0.25) is 0 Å². The van der Waals surface area contributed by atoms with Crippen molar-refractivity contribution in [2.75, 3.05) is 26.7 Å². The van der Waals surface area contributed by atoms with Gasteiger partial charge in [-0.05, 0) is 32.9 Å². The van der Waals surface area contributed by atoms with Crippen LogP contribution < -0.4 is 0 Å². The lowest BCUT2D eigenvalue weighted by molar-refractivity contribution is 0.0598. The zero-order valence-electron chi connectivity index (χ0n) is 8.29. The van der Waals surface area contributed by atoms with E-state index in [9.17, 15) is 0 Å². The highest BCUT2D eigenvalue weighted by atomic mass is 15.3. The monoisotopic (exact) mass is 168 g/mol. The van der Waals surface area contributed by atoms with Crippen molar-refractivity contribution in [1.82, 2.24) is 9.80 Å². The summed E-state index contributed by atoms with van der Waals surface area (Å²) in [7, 11) is 2.28. The number of rotatable bonds is 1. The van der Waals surface area contributed by atoms with Gasteiger partial charge in [-0.15, -0.1) is 0 Å². The summed E-state index contributed by atoms with van der Waals surface area (Å²) in [6.45, 7) is 6.25. The average Bonchev–Trinajstić information content (AvgIpc) is 2.52. The van der Waals surface area contributed by atoms with Gasteiger partial charge >= 0.3 is 0 Å². The van der Waals surface area contributed by atoms with Gasteiger partial charge in [0.15, 0.2) is 0 Å². The summed E-state index contributed by atoms with van der Waals surface area (Å²) in [4.78, 5) is 5.24. The summed E-state index contributed by atoms with van der Waals surface area (Å²) in [6.07, 6.45) is 4.18. The van der Waals surface area contributed by atoms with Crippen molar-refractivity contribution in [1.29, 1.82) is 0 Å². The second-order valence-corrected chi connectivity index (χ2v) is 4.20. The molecule has 2 heteroatoms. The summed E-state index contributed by atoms with van der Waals surface area (Å²) in [5.41, 5.74) is 0. The Morgan fingerprint density at radius 3 is 2.83 bits per heavy atom. The Kier molecular flexibility index (Phi) is 2.37. The molecular formula is C10H20N2. The third-order valence-corrected chi connectivity index (χ3v) is 3.58. The molecule has 2 aliphatic heterocycles. The van der Waals surface area contributed by atoms with E-state index in [4.69, 9.17) is 0 Å². The molecule has 0 bridgehead atoms. The van der Waals surface area contributed by atoms with Crippen LogP contribution in [0.5, 0.6) is 0 Å². The van der Waals surface area contributed by atoms with E-state index in [-0.39, 0.29) is 0 Å². The van der Waals surface area contributed by atoms with E-state index in [2.05, 4.69) is 23.8 Å². The van der Waals surface area contributed by atoms with E-state index in [1.807, 2.05) is 0 Å². The molecule has 2 aliphatic rings. The number of hydrogen-bond donors (Lipinski definition) is 0. The fourth-order valence-electron chi connectivity index (χ4n) is 2.89.